The quantitative estimate of drug-likeness (QED) is 0.511. The molecule has 0 aliphatic heterocycles. The van der Waals surface area contributed by atoms with Crippen LogP contribution in [0.4, 0.5) is 4.79 Å². The predicted molar refractivity (Wildman–Crippen MR) is 103 cm³/mol. The van der Waals surface area contributed by atoms with Crippen molar-refractivity contribution in [2.75, 3.05) is 13.2 Å². The maximum Gasteiger partial charge on any atom is 0.407 e. The molecule has 0 heterocycles. The summed E-state index contributed by atoms with van der Waals surface area (Å²) in [5.41, 5.74) is 2.69. The second kappa shape index (κ2) is 11.4. The Bertz CT molecular complexity index is 792. The SMILES string of the molecule is CC(=O)NCc1cccc(CNC(=O)OCCOC(=O)Cc2ccccc2)c1. The van der Waals surface area contributed by atoms with E-state index >= 15 is 0 Å². The van der Waals surface area contributed by atoms with Crippen LogP contribution in [0.1, 0.15) is 23.6 Å². The maximum absolute atomic E-state index is 11.7. The number of carbonyl (C=O) groups is 3. The minimum absolute atomic E-state index is 0.00525. The van der Waals surface area contributed by atoms with Crippen LogP contribution in [0.25, 0.3) is 0 Å². The van der Waals surface area contributed by atoms with E-state index in [2.05, 4.69) is 10.6 Å². The first-order valence-corrected chi connectivity index (χ1v) is 8.95. The van der Waals surface area contributed by atoms with E-state index in [4.69, 9.17) is 9.47 Å². The van der Waals surface area contributed by atoms with Crippen molar-refractivity contribution in [2.45, 2.75) is 26.4 Å². The van der Waals surface area contributed by atoms with Gasteiger partial charge in [0.15, 0.2) is 0 Å². The number of ether oxygens (including phenoxy) is 2. The van der Waals surface area contributed by atoms with Crippen molar-refractivity contribution in [3.8, 4) is 0 Å². The van der Waals surface area contributed by atoms with Crippen LogP contribution < -0.4 is 10.6 Å². The minimum Gasteiger partial charge on any atom is -0.462 e. The number of esters is 1. The second-order valence-corrected chi connectivity index (χ2v) is 6.10. The molecule has 7 nitrogen and oxygen atoms in total. The molecule has 0 spiro atoms. The van der Waals surface area contributed by atoms with E-state index in [1.165, 1.54) is 6.92 Å². The fourth-order valence-corrected chi connectivity index (χ4v) is 2.40. The van der Waals surface area contributed by atoms with Crippen molar-refractivity contribution in [1.82, 2.24) is 10.6 Å². The summed E-state index contributed by atoms with van der Waals surface area (Å²) >= 11 is 0. The number of amides is 2. The molecular formula is C21H24N2O5. The van der Waals surface area contributed by atoms with Crippen molar-refractivity contribution in [3.63, 3.8) is 0 Å². The summed E-state index contributed by atoms with van der Waals surface area (Å²) in [6.07, 6.45) is -0.409. The molecule has 0 fully saturated rings. The summed E-state index contributed by atoms with van der Waals surface area (Å²) < 4.78 is 10.0. The standard InChI is InChI=1S/C21H24N2O5/c1-16(24)22-14-18-8-5-9-19(12-18)15-23-21(26)28-11-10-27-20(25)13-17-6-3-2-4-7-17/h2-9,12H,10-11,13-15H2,1H3,(H,22,24)(H,23,26). The van der Waals surface area contributed by atoms with E-state index in [9.17, 15) is 14.4 Å². The summed E-state index contributed by atoms with van der Waals surface area (Å²) in [6, 6.07) is 16.8. The van der Waals surface area contributed by atoms with Gasteiger partial charge in [-0.05, 0) is 16.7 Å². The largest absolute Gasteiger partial charge is 0.462 e. The molecule has 2 aromatic carbocycles. The van der Waals surface area contributed by atoms with Gasteiger partial charge in [-0.2, -0.15) is 0 Å². The lowest BCUT2D eigenvalue weighted by Gasteiger charge is -2.09. The molecule has 7 heteroatoms. The van der Waals surface area contributed by atoms with Gasteiger partial charge in [0.25, 0.3) is 0 Å². The highest BCUT2D eigenvalue weighted by Gasteiger charge is 2.06. The van der Waals surface area contributed by atoms with E-state index in [1.54, 1.807) is 0 Å². The monoisotopic (exact) mass is 384 g/mol. The van der Waals surface area contributed by atoms with Gasteiger partial charge in [0.1, 0.15) is 13.2 Å². The van der Waals surface area contributed by atoms with Gasteiger partial charge in [0.2, 0.25) is 5.91 Å². The summed E-state index contributed by atoms with van der Waals surface area (Å²) in [5, 5.41) is 5.35. The summed E-state index contributed by atoms with van der Waals surface area (Å²) in [7, 11) is 0. The number of hydrogen-bond acceptors (Lipinski definition) is 5. The number of rotatable bonds is 9. The zero-order valence-corrected chi connectivity index (χ0v) is 15.8. The molecule has 0 saturated heterocycles. The lowest BCUT2D eigenvalue weighted by atomic mass is 10.1. The molecule has 0 radical (unpaired) electrons. The Morgan fingerprint density at radius 1 is 0.786 bits per heavy atom. The Morgan fingerprint density at radius 3 is 2.07 bits per heavy atom. The molecule has 0 aliphatic carbocycles. The number of benzene rings is 2. The Balaban J connectivity index is 1.61. The normalized spacial score (nSPS) is 10.0. The Morgan fingerprint density at radius 2 is 1.39 bits per heavy atom. The van der Waals surface area contributed by atoms with Gasteiger partial charge >= 0.3 is 12.1 Å². The van der Waals surface area contributed by atoms with Gasteiger partial charge in [0, 0.05) is 20.0 Å². The molecule has 0 bridgehead atoms. The summed E-state index contributed by atoms with van der Waals surface area (Å²) in [4.78, 5) is 34.4. The van der Waals surface area contributed by atoms with Gasteiger partial charge < -0.3 is 20.1 Å². The zero-order chi connectivity index (χ0) is 20.2. The van der Waals surface area contributed by atoms with Crippen molar-refractivity contribution < 1.29 is 23.9 Å². The van der Waals surface area contributed by atoms with Gasteiger partial charge in [-0.25, -0.2) is 4.79 Å². The van der Waals surface area contributed by atoms with E-state index in [0.29, 0.717) is 13.1 Å². The highest BCUT2D eigenvalue weighted by Crippen LogP contribution is 2.05. The third-order valence-electron chi connectivity index (χ3n) is 3.74. The molecule has 0 aromatic heterocycles. The van der Waals surface area contributed by atoms with Crippen molar-refractivity contribution in [3.05, 3.63) is 71.3 Å². The van der Waals surface area contributed by atoms with Gasteiger partial charge in [-0.1, -0.05) is 54.6 Å². The van der Waals surface area contributed by atoms with Crippen molar-refractivity contribution in [2.24, 2.45) is 0 Å². The Labute approximate surface area is 164 Å². The molecule has 148 valence electrons. The number of hydrogen-bond donors (Lipinski definition) is 2. The first-order chi connectivity index (χ1) is 13.5. The van der Waals surface area contributed by atoms with E-state index in [1.807, 2.05) is 54.6 Å². The minimum atomic E-state index is -0.591. The van der Waals surface area contributed by atoms with E-state index < -0.39 is 6.09 Å². The van der Waals surface area contributed by atoms with Gasteiger partial charge in [-0.3, -0.25) is 9.59 Å². The van der Waals surface area contributed by atoms with E-state index in [0.717, 1.165) is 16.7 Å². The van der Waals surface area contributed by atoms with Crippen LogP contribution in [0.15, 0.2) is 54.6 Å². The molecule has 2 rings (SSSR count). The van der Waals surface area contributed by atoms with Crippen LogP contribution in [0.5, 0.6) is 0 Å². The molecule has 0 unspecified atom stereocenters. The predicted octanol–water partition coefficient (Wildman–Crippen LogP) is 2.33. The molecule has 28 heavy (non-hydrogen) atoms. The summed E-state index contributed by atoms with van der Waals surface area (Å²) in [6.45, 7) is 2.17. The van der Waals surface area contributed by atoms with Crippen molar-refractivity contribution in [1.29, 1.82) is 0 Å². The van der Waals surface area contributed by atoms with Crippen LogP contribution >= 0.6 is 0 Å². The Hall–Kier alpha value is -3.35. The van der Waals surface area contributed by atoms with E-state index in [-0.39, 0.29) is 31.5 Å². The fourth-order valence-electron chi connectivity index (χ4n) is 2.40. The average Bonchev–Trinajstić information content (AvgIpc) is 2.69. The highest BCUT2D eigenvalue weighted by molar-refractivity contribution is 5.73. The first-order valence-electron chi connectivity index (χ1n) is 8.95. The van der Waals surface area contributed by atoms with Crippen LogP contribution in [-0.2, 0) is 38.6 Å². The molecular weight excluding hydrogens is 360 g/mol. The average molecular weight is 384 g/mol. The molecule has 0 aliphatic rings. The molecule has 0 saturated carbocycles. The molecule has 0 atom stereocenters. The highest BCUT2D eigenvalue weighted by atomic mass is 16.6. The summed E-state index contributed by atoms with van der Waals surface area (Å²) in [5.74, 6) is -0.470. The third-order valence-corrected chi connectivity index (χ3v) is 3.74. The zero-order valence-electron chi connectivity index (χ0n) is 15.8. The molecule has 2 amide bonds. The second-order valence-electron chi connectivity index (χ2n) is 6.10. The lowest BCUT2D eigenvalue weighted by molar-refractivity contribution is -0.143. The van der Waals surface area contributed by atoms with Crippen LogP contribution in [0.2, 0.25) is 0 Å². The lowest BCUT2D eigenvalue weighted by Crippen LogP contribution is -2.26. The van der Waals surface area contributed by atoms with Crippen molar-refractivity contribution >= 4 is 18.0 Å². The molecule has 2 N–H and O–H groups in total. The van der Waals surface area contributed by atoms with Crippen LogP contribution in [0.3, 0.4) is 0 Å². The van der Waals surface area contributed by atoms with Gasteiger partial charge in [0.05, 0.1) is 6.42 Å². The number of carbonyl (C=O) groups excluding carboxylic acids is 3. The maximum atomic E-state index is 11.7. The number of nitrogens with one attached hydrogen (secondary N) is 2. The number of alkyl carbamates (subject to hydrolysis) is 1. The van der Waals surface area contributed by atoms with Crippen LogP contribution in [-0.4, -0.2) is 31.2 Å². The third kappa shape index (κ3) is 8.35. The van der Waals surface area contributed by atoms with Gasteiger partial charge in [-0.15, -0.1) is 0 Å². The Kier molecular flexibility index (Phi) is 8.52. The topological polar surface area (TPSA) is 93.7 Å². The first kappa shape index (κ1) is 21.0. The molecule has 2 aromatic rings. The van der Waals surface area contributed by atoms with Crippen LogP contribution in [0, 0.1) is 0 Å². The smallest absolute Gasteiger partial charge is 0.407 e. The fraction of sp³-hybridized carbons (Fsp3) is 0.286.